The second-order valence-corrected chi connectivity index (χ2v) is 6.18. The van der Waals surface area contributed by atoms with E-state index in [1.165, 1.54) is 0 Å². The van der Waals surface area contributed by atoms with E-state index in [1.54, 1.807) is 18.2 Å². The van der Waals surface area contributed by atoms with Crippen LogP contribution in [0.4, 0.5) is 18.9 Å². The number of hydrogen-bond donors (Lipinski definition) is 2. The maximum atomic E-state index is 12.6. The molecule has 0 fully saturated rings. The van der Waals surface area contributed by atoms with Gasteiger partial charge >= 0.3 is 6.18 Å². The van der Waals surface area contributed by atoms with Gasteiger partial charge in [-0.15, -0.1) is 0 Å². The van der Waals surface area contributed by atoms with Crippen molar-refractivity contribution in [1.29, 1.82) is 0 Å². The number of pyridine rings is 1. The number of halogens is 4. The van der Waals surface area contributed by atoms with Crippen molar-refractivity contribution in [2.75, 3.05) is 5.32 Å². The molecule has 4 nitrogen and oxygen atoms in total. The van der Waals surface area contributed by atoms with Gasteiger partial charge in [-0.2, -0.15) is 13.2 Å². The lowest BCUT2D eigenvalue weighted by Gasteiger charge is -2.10. The summed E-state index contributed by atoms with van der Waals surface area (Å²) < 4.78 is 38.4. The fourth-order valence-corrected chi connectivity index (χ4v) is 2.72. The Bertz CT molecular complexity index is 1010. The molecule has 25 heavy (non-hydrogen) atoms. The van der Waals surface area contributed by atoms with Crippen molar-refractivity contribution in [3.63, 3.8) is 0 Å². The lowest BCUT2D eigenvalue weighted by molar-refractivity contribution is -0.137. The number of aromatic nitrogens is 1. The van der Waals surface area contributed by atoms with Gasteiger partial charge in [0.25, 0.3) is 5.91 Å². The summed E-state index contributed by atoms with van der Waals surface area (Å²) in [6.07, 6.45) is -4.45. The van der Waals surface area contributed by atoms with Crippen molar-refractivity contribution in [3.05, 3.63) is 74.5 Å². The highest BCUT2D eigenvalue weighted by Gasteiger charge is 2.30. The second kappa shape index (κ2) is 6.36. The first kappa shape index (κ1) is 17.2. The van der Waals surface area contributed by atoms with Gasteiger partial charge < -0.3 is 10.3 Å². The smallest absolute Gasteiger partial charge is 0.322 e. The molecule has 2 aromatic carbocycles. The van der Waals surface area contributed by atoms with Crippen LogP contribution in [0.5, 0.6) is 0 Å². The summed E-state index contributed by atoms with van der Waals surface area (Å²) in [5, 5.41) is 3.02. The van der Waals surface area contributed by atoms with E-state index in [2.05, 4.69) is 26.2 Å². The average Bonchev–Trinajstić information content (AvgIpc) is 2.53. The molecular formula is C17H10BrF3N2O2. The molecule has 8 heteroatoms. The van der Waals surface area contributed by atoms with E-state index in [4.69, 9.17) is 0 Å². The molecule has 3 aromatic rings. The molecule has 0 atom stereocenters. The van der Waals surface area contributed by atoms with Crippen LogP contribution in [0.2, 0.25) is 0 Å². The second-order valence-electron chi connectivity index (χ2n) is 5.27. The van der Waals surface area contributed by atoms with E-state index in [0.717, 1.165) is 34.8 Å². The number of aromatic amines is 1. The number of H-pyrrole nitrogens is 1. The fraction of sp³-hybridized carbons (Fsp3) is 0.0588. The Morgan fingerprint density at radius 1 is 1.04 bits per heavy atom. The van der Waals surface area contributed by atoms with Gasteiger partial charge in [0.15, 0.2) is 0 Å². The minimum atomic E-state index is -4.45. The van der Waals surface area contributed by atoms with Crippen molar-refractivity contribution in [2.45, 2.75) is 6.18 Å². The van der Waals surface area contributed by atoms with Crippen molar-refractivity contribution in [2.24, 2.45) is 0 Å². The zero-order chi connectivity index (χ0) is 18.2. The predicted molar refractivity (Wildman–Crippen MR) is 91.7 cm³/mol. The van der Waals surface area contributed by atoms with Crippen molar-refractivity contribution >= 4 is 38.4 Å². The first-order valence-corrected chi connectivity index (χ1v) is 7.84. The first-order chi connectivity index (χ1) is 11.7. The van der Waals surface area contributed by atoms with Gasteiger partial charge in [-0.25, -0.2) is 0 Å². The molecule has 0 spiro atoms. The molecule has 0 bridgehead atoms. The number of amides is 1. The topological polar surface area (TPSA) is 62.0 Å². The number of carbonyl (C=O) groups excluding carboxylic acids is 1. The Hall–Kier alpha value is -2.61. The number of benzene rings is 2. The fourth-order valence-electron chi connectivity index (χ4n) is 2.36. The van der Waals surface area contributed by atoms with E-state index in [-0.39, 0.29) is 11.3 Å². The van der Waals surface area contributed by atoms with E-state index in [1.807, 2.05) is 0 Å². The molecule has 1 aromatic heterocycles. The minimum Gasteiger partial charge on any atom is -0.322 e. The maximum absolute atomic E-state index is 12.6. The van der Waals surface area contributed by atoms with E-state index < -0.39 is 23.2 Å². The van der Waals surface area contributed by atoms with Crippen molar-refractivity contribution in [3.8, 4) is 0 Å². The van der Waals surface area contributed by atoms with Crippen LogP contribution in [0.15, 0.2) is 57.8 Å². The first-order valence-electron chi connectivity index (χ1n) is 7.05. The summed E-state index contributed by atoms with van der Waals surface area (Å²) in [5.41, 5.74) is -0.464. The molecule has 0 unspecified atom stereocenters. The van der Waals surface area contributed by atoms with Gasteiger partial charge in [-0.1, -0.05) is 22.0 Å². The average molecular weight is 411 g/mol. The van der Waals surface area contributed by atoms with E-state index >= 15 is 0 Å². The normalized spacial score (nSPS) is 11.5. The minimum absolute atomic E-state index is 0.131. The van der Waals surface area contributed by atoms with Crippen LogP contribution in [-0.2, 0) is 6.18 Å². The lowest BCUT2D eigenvalue weighted by atomic mass is 10.1. The summed E-state index contributed by atoms with van der Waals surface area (Å²) in [6, 6.07) is 10.3. The quantitative estimate of drug-likeness (QED) is 0.650. The Labute approximate surface area is 147 Å². The predicted octanol–water partition coefficient (Wildman–Crippen LogP) is 4.56. The summed E-state index contributed by atoms with van der Waals surface area (Å²) in [7, 11) is 0. The highest BCUT2D eigenvalue weighted by Crippen LogP contribution is 2.30. The monoisotopic (exact) mass is 410 g/mol. The molecule has 0 saturated carbocycles. The molecule has 3 rings (SSSR count). The number of hydrogen-bond acceptors (Lipinski definition) is 2. The third kappa shape index (κ3) is 3.74. The highest BCUT2D eigenvalue weighted by atomic mass is 79.9. The molecule has 1 amide bonds. The third-order valence-electron chi connectivity index (χ3n) is 3.52. The van der Waals surface area contributed by atoms with Crippen LogP contribution in [0, 0.1) is 0 Å². The largest absolute Gasteiger partial charge is 0.416 e. The third-order valence-corrected chi connectivity index (χ3v) is 4.01. The van der Waals surface area contributed by atoms with Gasteiger partial charge in [-0.05, 0) is 36.4 Å². The maximum Gasteiger partial charge on any atom is 0.416 e. The summed E-state index contributed by atoms with van der Waals surface area (Å²) in [5.74, 6) is -0.585. The van der Waals surface area contributed by atoms with Crippen LogP contribution in [0.3, 0.4) is 0 Å². The van der Waals surface area contributed by atoms with Crippen LogP contribution >= 0.6 is 15.9 Å². The number of nitrogens with one attached hydrogen (secondary N) is 2. The zero-order valence-corrected chi connectivity index (χ0v) is 14.0. The van der Waals surface area contributed by atoms with E-state index in [0.29, 0.717) is 10.9 Å². The SMILES string of the molecule is O=C(Nc1ccc(C(F)(F)F)cc1)c1cc(=O)[nH]c2cc(Br)ccc12. The molecule has 0 aliphatic carbocycles. The van der Waals surface area contributed by atoms with Crippen LogP contribution in [-0.4, -0.2) is 10.9 Å². The van der Waals surface area contributed by atoms with Crippen LogP contribution in [0.1, 0.15) is 15.9 Å². The summed E-state index contributed by atoms with van der Waals surface area (Å²) >= 11 is 3.28. The van der Waals surface area contributed by atoms with Crippen LogP contribution < -0.4 is 10.9 Å². The van der Waals surface area contributed by atoms with Gasteiger partial charge in [0.2, 0.25) is 5.56 Å². The lowest BCUT2D eigenvalue weighted by Crippen LogP contribution is -2.17. The molecule has 0 radical (unpaired) electrons. The molecular weight excluding hydrogens is 401 g/mol. The summed E-state index contributed by atoms with van der Waals surface area (Å²) in [4.78, 5) is 26.8. The summed E-state index contributed by atoms with van der Waals surface area (Å²) in [6.45, 7) is 0. The molecule has 1 heterocycles. The van der Waals surface area contributed by atoms with Crippen LogP contribution in [0.25, 0.3) is 10.9 Å². The Morgan fingerprint density at radius 3 is 2.36 bits per heavy atom. The van der Waals surface area contributed by atoms with Gasteiger partial charge in [0, 0.05) is 21.6 Å². The number of anilines is 1. The zero-order valence-electron chi connectivity index (χ0n) is 12.4. The molecule has 2 N–H and O–H groups in total. The van der Waals surface area contributed by atoms with E-state index in [9.17, 15) is 22.8 Å². The van der Waals surface area contributed by atoms with Crippen molar-refractivity contribution < 1.29 is 18.0 Å². The van der Waals surface area contributed by atoms with Gasteiger partial charge in [-0.3, -0.25) is 9.59 Å². The number of rotatable bonds is 2. The molecule has 0 aliphatic rings. The van der Waals surface area contributed by atoms with Gasteiger partial charge in [0.1, 0.15) is 0 Å². The van der Waals surface area contributed by atoms with Gasteiger partial charge in [0.05, 0.1) is 16.6 Å². The number of carbonyl (C=O) groups is 1. The highest BCUT2D eigenvalue weighted by molar-refractivity contribution is 9.10. The Kier molecular flexibility index (Phi) is 4.38. The number of alkyl halides is 3. The molecule has 128 valence electrons. The van der Waals surface area contributed by atoms with Crippen molar-refractivity contribution in [1.82, 2.24) is 4.98 Å². The molecule has 0 aliphatic heterocycles. The standard InChI is InChI=1S/C17H10BrF3N2O2/c18-10-3-6-12-13(8-15(24)23-14(12)7-10)16(25)22-11-4-1-9(2-5-11)17(19,20)21/h1-8H,(H,22,25)(H,23,24). The Morgan fingerprint density at radius 2 is 1.72 bits per heavy atom. The molecule has 0 saturated heterocycles. The Balaban J connectivity index is 1.94. The number of fused-ring (bicyclic) bond motifs is 1.